The Morgan fingerprint density at radius 2 is 0.411 bits per heavy atom. The number of halogens is 2. The van der Waals surface area contributed by atoms with Crippen LogP contribution < -0.4 is 0 Å². The van der Waals surface area contributed by atoms with E-state index in [1.54, 1.807) is 24.3 Å². The van der Waals surface area contributed by atoms with E-state index in [2.05, 4.69) is 231 Å². The lowest BCUT2D eigenvalue weighted by atomic mass is 9.81. The van der Waals surface area contributed by atoms with E-state index in [9.17, 15) is 0 Å². The van der Waals surface area contributed by atoms with Gasteiger partial charge in [-0.15, -0.1) is 0 Å². The number of hydrogen-bond acceptors (Lipinski definition) is 0. The minimum atomic E-state index is -0.262. The summed E-state index contributed by atoms with van der Waals surface area (Å²) in [7, 11) is 0. The second-order valence-corrected chi connectivity index (χ2v) is 24.9. The molecule has 412 valence electrons. The number of benzene rings is 17. The molecular formula is C88H46F2. The quantitative estimate of drug-likeness (QED) is 0.115. The molecule has 0 nitrogen and oxygen atoms in total. The van der Waals surface area contributed by atoms with Gasteiger partial charge in [-0.3, -0.25) is 0 Å². The van der Waals surface area contributed by atoms with Crippen LogP contribution in [0.2, 0.25) is 0 Å². The van der Waals surface area contributed by atoms with Crippen LogP contribution in [0.5, 0.6) is 0 Å². The van der Waals surface area contributed by atoms with Gasteiger partial charge < -0.3 is 0 Å². The van der Waals surface area contributed by atoms with E-state index < -0.39 is 0 Å². The Bertz CT molecular complexity index is 6520. The summed E-state index contributed by atoms with van der Waals surface area (Å²) in [5.74, 6) is -0.523. The van der Waals surface area contributed by atoms with Gasteiger partial charge in [0.25, 0.3) is 0 Å². The molecule has 21 aromatic carbocycles. The van der Waals surface area contributed by atoms with Crippen molar-refractivity contribution in [3.8, 4) is 66.8 Å². The molecule has 0 spiro atoms. The predicted octanol–water partition coefficient (Wildman–Crippen LogP) is 25.3. The van der Waals surface area contributed by atoms with Crippen LogP contribution in [0.3, 0.4) is 0 Å². The Morgan fingerprint density at radius 3 is 0.722 bits per heavy atom. The minimum absolute atomic E-state index is 0.261. The van der Waals surface area contributed by atoms with Crippen LogP contribution in [0.15, 0.2) is 279 Å². The molecule has 0 bridgehead atoms. The summed E-state index contributed by atoms with van der Waals surface area (Å²) in [6.45, 7) is 0. The molecule has 0 unspecified atom stereocenters. The number of fused-ring (bicyclic) bond motifs is 14. The highest BCUT2D eigenvalue weighted by Crippen LogP contribution is 2.62. The standard InChI is InChI=1S/C88H46F2/c89-55-37-33-53(34-38-55)73-81-59-31-15-27-50-26-14-30-58(70(50)59)80(81)72(52-23-11-4-12-24-52)87-67-45-65(47-17-5-1-6-18-47)75-61-41-43-63-77-68(46-66(48-19-7-2-8-20-48)76(85(61)77)62-42-44-64(84(73)87)78(67)86(62)75)88-74(54-35-39-56(90)40-36-54)82-60-32-16-28-49-25-13-29-57(69(49)60)79(82)71(83(63)88)51-21-9-3-10-22-51/h1-46H. The lowest BCUT2D eigenvalue weighted by molar-refractivity contribution is 0.627. The first-order valence-electron chi connectivity index (χ1n) is 31.1. The van der Waals surface area contributed by atoms with Crippen LogP contribution >= 0.6 is 0 Å². The van der Waals surface area contributed by atoms with Crippen molar-refractivity contribution in [1.82, 2.24) is 0 Å². The first-order chi connectivity index (χ1) is 44.6. The van der Waals surface area contributed by atoms with Crippen molar-refractivity contribution in [2.24, 2.45) is 0 Å². The van der Waals surface area contributed by atoms with Crippen molar-refractivity contribution >= 4 is 151 Å². The molecule has 90 heavy (non-hydrogen) atoms. The highest BCUT2D eigenvalue weighted by molar-refractivity contribution is 6.54. The van der Waals surface area contributed by atoms with E-state index >= 15 is 8.78 Å². The molecule has 2 heteroatoms. The lowest BCUT2D eigenvalue weighted by Gasteiger charge is -2.21. The minimum Gasteiger partial charge on any atom is -0.207 e. The Labute approximate surface area is 514 Å². The first-order valence-corrected chi connectivity index (χ1v) is 31.1. The maximum atomic E-state index is 15.5. The summed E-state index contributed by atoms with van der Waals surface area (Å²) < 4.78 is 30.9. The first kappa shape index (κ1) is 48.5. The monoisotopic (exact) mass is 1140 g/mol. The summed E-state index contributed by atoms with van der Waals surface area (Å²) >= 11 is 0. The summed E-state index contributed by atoms with van der Waals surface area (Å²) in [5.41, 5.74) is 13.5. The van der Waals surface area contributed by atoms with E-state index in [1.807, 2.05) is 24.3 Å². The van der Waals surface area contributed by atoms with E-state index in [0.717, 1.165) is 50.1 Å². The number of hydrogen-bond donors (Lipinski definition) is 0. The molecule has 0 atom stereocenters. The smallest absolute Gasteiger partial charge is 0.123 e. The molecule has 0 heterocycles. The molecule has 0 aliphatic heterocycles. The summed E-state index contributed by atoms with van der Waals surface area (Å²) in [6, 6.07) is 100. The predicted molar refractivity (Wildman–Crippen MR) is 380 cm³/mol. The Kier molecular flexibility index (Phi) is 9.47. The van der Waals surface area contributed by atoms with Crippen LogP contribution in [0.25, 0.3) is 218 Å². The maximum absolute atomic E-state index is 15.5. The van der Waals surface area contributed by atoms with E-state index in [-0.39, 0.29) is 11.6 Å². The maximum Gasteiger partial charge on any atom is 0.123 e. The molecule has 0 aromatic heterocycles. The molecule has 0 radical (unpaired) electrons. The molecule has 21 rings (SSSR count). The molecule has 0 saturated carbocycles. The zero-order valence-electron chi connectivity index (χ0n) is 48.3. The van der Waals surface area contributed by atoms with Crippen molar-refractivity contribution in [1.29, 1.82) is 0 Å². The Morgan fingerprint density at radius 1 is 0.156 bits per heavy atom. The van der Waals surface area contributed by atoms with E-state index in [1.165, 1.54) is 168 Å². The van der Waals surface area contributed by atoms with Gasteiger partial charge in [-0.2, -0.15) is 0 Å². The zero-order chi connectivity index (χ0) is 58.8. The fraction of sp³-hybridized carbons (Fsp3) is 0. The lowest BCUT2D eigenvalue weighted by Crippen LogP contribution is -1.93. The van der Waals surface area contributed by atoms with Crippen LogP contribution in [0.4, 0.5) is 8.78 Å². The van der Waals surface area contributed by atoms with Gasteiger partial charge in [0, 0.05) is 0 Å². The van der Waals surface area contributed by atoms with Gasteiger partial charge in [0.2, 0.25) is 0 Å². The van der Waals surface area contributed by atoms with Gasteiger partial charge in [-0.25, -0.2) is 8.78 Å². The van der Waals surface area contributed by atoms with Crippen LogP contribution in [-0.2, 0) is 0 Å². The van der Waals surface area contributed by atoms with Crippen LogP contribution in [0.1, 0.15) is 0 Å². The topological polar surface area (TPSA) is 0 Å². The average Bonchev–Trinajstić information content (AvgIpc) is 1.46. The number of rotatable bonds is 6. The third-order valence-corrected chi connectivity index (χ3v) is 20.6. The molecule has 0 N–H and O–H groups in total. The highest BCUT2D eigenvalue weighted by atomic mass is 19.1. The summed E-state index contributed by atoms with van der Waals surface area (Å²) in [4.78, 5) is 0. The molecule has 0 fully saturated rings. The van der Waals surface area contributed by atoms with Crippen LogP contribution in [0, 0.1) is 11.6 Å². The Balaban J connectivity index is 1.04. The molecular weight excluding hydrogens is 1090 g/mol. The van der Waals surface area contributed by atoms with Gasteiger partial charge in [-0.05, 0) is 254 Å². The van der Waals surface area contributed by atoms with Crippen molar-refractivity contribution in [2.75, 3.05) is 0 Å². The third kappa shape index (κ3) is 6.12. The molecule has 0 aliphatic carbocycles. The van der Waals surface area contributed by atoms with Gasteiger partial charge in [0.1, 0.15) is 11.6 Å². The fourth-order valence-electron chi connectivity index (χ4n) is 17.4. The molecule has 0 saturated heterocycles. The molecule has 0 aliphatic rings. The normalized spacial score (nSPS) is 12.6. The summed E-state index contributed by atoms with van der Waals surface area (Å²) in [6.07, 6.45) is 0. The van der Waals surface area contributed by atoms with Crippen molar-refractivity contribution < 1.29 is 8.78 Å². The summed E-state index contributed by atoms with van der Waals surface area (Å²) in [5, 5.41) is 33.7. The van der Waals surface area contributed by atoms with E-state index in [4.69, 9.17) is 0 Å². The van der Waals surface area contributed by atoms with Crippen LogP contribution in [-0.4, -0.2) is 0 Å². The van der Waals surface area contributed by atoms with E-state index in [0.29, 0.717) is 0 Å². The van der Waals surface area contributed by atoms with Crippen molar-refractivity contribution in [2.45, 2.75) is 0 Å². The van der Waals surface area contributed by atoms with Crippen molar-refractivity contribution in [3.05, 3.63) is 291 Å². The van der Waals surface area contributed by atoms with Crippen molar-refractivity contribution in [3.63, 3.8) is 0 Å². The van der Waals surface area contributed by atoms with Gasteiger partial charge in [0.05, 0.1) is 0 Å². The average molecular weight is 1140 g/mol. The van der Waals surface area contributed by atoms with Gasteiger partial charge in [-0.1, -0.05) is 243 Å². The third-order valence-electron chi connectivity index (χ3n) is 20.6. The highest BCUT2D eigenvalue weighted by Gasteiger charge is 2.34. The largest absolute Gasteiger partial charge is 0.207 e. The fourth-order valence-corrected chi connectivity index (χ4v) is 17.4. The Hall–Kier alpha value is -11.6. The van der Waals surface area contributed by atoms with Gasteiger partial charge in [0.15, 0.2) is 0 Å². The molecule has 0 amide bonds. The molecule has 21 aromatic rings. The van der Waals surface area contributed by atoms with Gasteiger partial charge >= 0.3 is 0 Å². The zero-order valence-corrected chi connectivity index (χ0v) is 48.3. The second-order valence-electron chi connectivity index (χ2n) is 24.9. The second kappa shape index (κ2) is 17.6. The SMILES string of the molecule is Fc1ccc(-c2c3c4cccc5cccc(c3c(-c3ccccc3)c3c6cc(-c7ccccc7)c7c8ccc9c%10c(-c%11ccccc%11)c%11c%12cccc%13cccc(c%11c(-c%11ccc(F)cc%11)c%10c%10cc(-c%11ccccc%11)c(c%11ccc(c23)c6c%117)c8c9%10)c%13%12)c54)cc1.